The first-order valence-electron chi connectivity index (χ1n) is 5.49. The maximum atomic E-state index is 6.04. The summed E-state index contributed by atoms with van der Waals surface area (Å²) in [6.45, 7) is 4.28. The van der Waals surface area contributed by atoms with Crippen LogP contribution in [0.4, 0.5) is 5.82 Å². The molecule has 3 nitrogen and oxygen atoms in total. The molecule has 0 bridgehead atoms. The van der Waals surface area contributed by atoms with Crippen molar-refractivity contribution in [1.29, 1.82) is 0 Å². The molecule has 84 valence electrons. The van der Waals surface area contributed by atoms with Gasteiger partial charge in [0.15, 0.2) is 0 Å². The lowest BCUT2D eigenvalue weighted by Gasteiger charge is -2.06. The summed E-state index contributed by atoms with van der Waals surface area (Å²) in [6, 6.07) is 10.2. The molecule has 0 atom stereocenters. The Morgan fingerprint density at radius 1 is 1.19 bits per heavy atom. The Labute approximate surface area is 95.9 Å². The molecule has 0 saturated carbocycles. The maximum Gasteiger partial charge on any atom is 0.125 e. The van der Waals surface area contributed by atoms with Gasteiger partial charge in [-0.05, 0) is 5.92 Å². The summed E-state index contributed by atoms with van der Waals surface area (Å²) >= 11 is 0. The Bertz CT molecular complexity index is 483. The van der Waals surface area contributed by atoms with E-state index in [1.807, 2.05) is 25.2 Å². The van der Waals surface area contributed by atoms with Crippen molar-refractivity contribution < 1.29 is 0 Å². The van der Waals surface area contributed by atoms with Gasteiger partial charge in [-0.25, -0.2) is 0 Å². The predicted octanol–water partition coefficient (Wildman–Crippen LogP) is 2.79. The zero-order valence-corrected chi connectivity index (χ0v) is 9.94. The normalized spacial score (nSPS) is 11.0. The number of nitrogens with zero attached hydrogens (tertiary/aromatic N) is 2. The van der Waals surface area contributed by atoms with E-state index in [2.05, 4.69) is 31.1 Å². The van der Waals surface area contributed by atoms with Crippen molar-refractivity contribution in [3.8, 4) is 11.3 Å². The summed E-state index contributed by atoms with van der Waals surface area (Å²) in [7, 11) is 1.88. The molecule has 1 heterocycles. The number of aryl methyl sites for hydroxylation is 1. The molecule has 0 amide bonds. The second-order valence-electron chi connectivity index (χ2n) is 4.29. The predicted molar refractivity (Wildman–Crippen MR) is 67.1 cm³/mol. The number of nitrogen functional groups attached to an aromatic ring is 1. The van der Waals surface area contributed by atoms with Crippen molar-refractivity contribution in [3.63, 3.8) is 0 Å². The zero-order valence-electron chi connectivity index (χ0n) is 9.94. The summed E-state index contributed by atoms with van der Waals surface area (Å²) in [5.41, 5.74) is 9.29. The van der Waals surface area contributed by atoms with Gasteiger partial charge in [-0.1, -0.05) is 44.2 Å². The Morgan fingerprint density at radius 2 is 1.81 bits per heavy atom. The largest absolute Gasteiger partial charge is 0.384 e. The highest BCUT2D eigenvalue weighted by atomic mass is 15.3. The van der Waals surface area contributed by atoms with Crippen molar-refractivity contribution in [1.82, 2.24) is 9.78 Å². The van der Waals surface area contributed by atoms with Crippen LogP contribution in [0.2, 0.25) is 0 Å². The van der Waals surface area contributed by atoms with Crippen molar-refractivity contribution in [2.24, 2.45) is 7.05 Å². The molecule has 3 heteroatoms. The van der Waals surface area contributed by atoms with Gasteiger partial charge < -0.3 is 5.73 Å². The van der Waals surface area contributed by atoms with Gasteiger partial charge in [0.2, 0.25) is 0 Å². The van der Waals surface area contributed by atoms with Crippen molar-refractivity contribution in [2.75, 3.05) is 5.73 Å². The molecular weight excluding hydrogens is 198 g/mol. The fourth-order valence-corrected chi connectivity index (χ4v) is 1.93. The summed E-state index contributed by atoms with van der Waals surface area (Å²) in [6.07, 6.45) is 0. The van der Waals surface area contributed by atoms with E-state index in [0.29, 0.717) is 5.92 Å². The fraction of sp³-hybridized carbons (Fsp3) is 0.308. The van der Waals surface area contributed by atoms with Crippen molar-refractivity contribution >= 4 is 5.82 Å². The van der Waals surface area contributed by atoms with Crippen LogP contribution in [0.15, 0.2) is 30.3 Å². The lowest BCUT2D eigenvalue weighted by molar-refractivity contribution is 0.780. The highest BCUT2D eigenvalue weighted by Crippen LogP contribution is 2.32. The Morgan fingerprint density at radius 3 is 2.38 bits per heavy atom. The zero-order chi connectivity index (χ0) is 11.7. The van der Waals surface area contributed by atoms with Gasteiger partial charge in [0.1, 0.15) is 5.82 Å². The van der Waals surface area contributed by atoms with Gasteiger partial charge in [0, 0.05) is 18.2 Å². The number of hydrogen-bond donors (Lipinski definition) is 1. The van der Waals surface area contributed by atoms with Crippen LogP contribution in [-0.4, -0.2) is 9.78 Å². The molecule has 0 unspecified atom stereocenters. The third kappa shape index (κ3) is 1.69. The highest BCUT2D eigenvalue weighted by Gasteiger charge is 2.17. The van der Waals surface area contributed by atoms with Crippen LogP contribution >= 0.6 is 0 Å². The molecule has 0 spiro atoms. The van der Waals surface area contributed by atoms with E-state index in [1.165, 1.54) is 0 Å². The highest BCUT2D eigenvalue weighted by molar-refractivity contribution is 5.69. The summed E-state index contributed by atoms with van der Waals surface area (Å²) in [5.74, 6) is 1.14. The molecule has 2 N–H and O–H groups in total. The van der Waals surface area contributed by atoms with Crippen LogP contribution in [0.1, 0.15) is 25.3 Å². The van der Waals surface area contributed by atoms with Gasteiger partial charge in [-0.3, -0.25) is 4.68 Å². The standard InChI is InChI=1S/C13H17N3/c1-9(2)11-12(15-16(3)13(11)14)10-7-5-4-6-8-10/h4-9H,14H2,1-3H3. The van der Waals surface area contributed by atoms with Crippen LogP contribution in [0.25, 0.3) is 11.3 Å². The van der Waals surface area contributed by atoms with E-state index in [1.54, 1.807) is 4.68 Å². The maximum absolute atomic E-state index is 6.04. The molecule has 0 aliphatic rings. The SMILES string of the molecule is CC(C)c1c(-c2ccccc2)nn(C)c1N. The van der Waals surface area contributed by atoms with E-state index in [0.717, 1.165) is 22.6 Å². The average Bonchev–Trinajstić information content (AvgIpc) is 2.57. The van der Waals surface area contributed by atoms with E-state index < -0.39 is 0 Å². The molecule has 0 radical (unpaired) electrons. The third-order valence-electron chi connectivity index (χ3n) is 2.75. The van der Waals surface area contributed by atoms with Gasteiger partial charge in [0.05, 0.1) is 5.69 Å². The van der Waals surface area contributed by atoms with E-state index in [9.17, 15) is 0 Å². The van der Waals surface area contributed by atoms with Gasteiger partial charge in [0.25, 0.3) is 0 Å². The quantitative estimate of drug-likeness (QED) is 0.837. The third-order valence-corrected chi connectivity index (χ3v) is 2.75. The van der Waals surface area contributed by atoms with Gasteiger partial charge in [-0.2, -0.15) is 5.10 Å². The van der Waals surface area contributed by atoms with Crippen LogP contribution < -0.4 is 5.73 Å². The monoisotopic (exact) mass is 215 g/mol. The van der Waals surface area contributed by atoms with Gasteiger partial charge >= 0.3 is 0 Å². The van der Waals surface area contributed by atoms with E-state index in [4.69, 9.17) is 5.73 Å². The second kappa shape index (κ2) is 4.00. The number of benzene rings is 1. The Hall–Kier alpha value is -1.77. The van der Waals surface area contributed by atoms with Gasteiger partial charge in [-0.15, -0.1) is 0 Å². The summed E-state index contributed by atoms with van der Waals surface area (Å²) in [5, 5.41) is 4.49. The molecular formula is C13H17N3. The molecule has 16 heavy (non-hydrogen) atoms. The number of rotatable bonds is 2. The van der Waals surface area contributed by atoms with E-state index >= 15 is 0 Å². The minimum Gasteiger partial charge on any atom is -0.384 e. The summed E-state index contributed by atoms with van der Waals surface area (Å²) < 4.78 is 1.75. The molecule has 0 aliphatic heterocycles. The molecule has 2 aromatic rings. The number of hydrogen-bond acceptors (Lipinski definition) is 2. The molecule has 0 fully saturated rings. The average molecular weight is 215 g/mol. The molecule has 0 saturated heterocycles. The Kier molecular flexibility index (Phi) is 2.69. The first-order chi connectivity index (χ1) is 7.61. The van der Waals surface area contributed by atoms with Crippen molar-refractivity contribution in [2.45, 2.75) is 19.8 Å². The first-order valence-corrected chi connectivity index (χ1v) is 5.49. The minimum atomic E-state index is 0.379. The summed E-state index contributed by atoms with van der Waals surface area (Å²) in [4.78, 5) is 0. The molecule has 0 aliphatic carbocycles. The molecule has 1 aromatic carbocycles. The minimum absolute atomic E-state index is 0.379. The smallest absolute Gasteiger partial charge is 0.125 e. The van der Waals surface area contributed by atoms with Crippen LogP contribution in [0.5, 0.6) is 0 Å². The lowest BCUT2D eigenvalue weighted by Crippen LogP contribution is -2.00. The number of aromatic nitrogens is 2. The van der Waals surface area contributed by atoms with Crippen LogP contribution in [0.3, 0.4) is 0 Å². The lowest BCUT2D eigenvalue weighted by atomic mass is 9.99. The molecule has 1 aromatic heterocycles. The Balaban J connectivity index is 2.62. The van der Waals surface area contributed by atoms with Crippen molar-refractivity contribution in [3.05, 3.63) is 35.9 Å². The second-order valence-corrected chi connectivity index (χ2v) is 4.29. The number of anilines is 1. The van der Waals surface area contributed by atoms with Crippen LogP contribution in [0, 0.1) is 0 Å². The van der Waals surface area contributed by atoms with E-state index in [-0.39, 0.29) is 0 Å². The first kappa shape index (κ1) is 10.7. The van der Waals surface area contributed by atoms with Crippen LogP contribution in [-0.2, 0) is 7.05 Å². The molecule has 2 rings (SSSR count). The topological polar surface area (TPSA) is 43.8 Å². The number of nitrogens with two attached hydrogens (primary N) is 1. The fourth-order valence-electron chi connectivity index (χ4n) is 1.93.